The summed E-state index contributed by atoms with van der Waals surface area (Å²) in [6.07, 6.45) is 5.10. The van der Waals surface area contributed by atoms with E-state index in [1.54, 1.807) is 11.0 Å². The van der Waals surface area contributed by atoms with Crippen molar-refractivity contribution >= 4 is 18.1 Å². The molecule has 2 fully saturated rings. The van der Waals surface area contributed by atoms with Crippen molar-refractivity contribution in [3.8, 4) is 0 Å². The molecule has 1 saturated heterocycles. The van der Waals surface area contributed by atoms with Crippen LogP contribution in [0, 0.1) is 11.3 Å². The summed E-state index contributed by atoms with van der Waals surface area (Å²) in [5, 5.41) is 12.5. The van der Waals surface area contributed by atoms with Gasteiger partial charge in [-0.05, 0) is 36.3 Å². The van der Waals surface area contributed by atoms with Crippen molar-refractivity contribution in [2.24, 2.45) is 11.3 Å². The van der Waals surface area contributed by atoms with E-state index < -0.39 is 11.4 Å². The third-order valence-corrected chi connectivity index (χ3v) is 5.49. The monoisotopic (exact) mass is 328 g/mol. The molecule has 1 aromatic carbocycles. The van der Waals surface area contributed by atoms with Crippen LogP contribution < -0.4 is 5.32 Å². The molecule has 2 N–H and O–H groups in total. The van der Waals surface area contributed by atoms with Crippen molar-refractivity contribution in [1.82, 2.24) is 10.2 Å². The highest BCUT2D eigenvalue weighted by atomic mass is 16.4. The Morgan fingerprint density at radius 1 is 1.38 bits per heavy atom. The van der Waals surface area contributed by atoms with Crippen LogP contribution in [0.3, 0.4) is 0 Å². The number of amides is 2. The molecular weight excluding hydrogens is 304 g/mol. The largest absolute Gasteiger partial charge is 0.481 e. The van der Waals surface area contributed by atoms with Crippen molar-refractivity contribution in [2.45, 2.75) is 25.7 Å². The summed E-state index contributed by atoms with van der Waals surface area (Å²) in [6, 6.07) is 7.92. The second kappa shape index (κ2) is 6.67. The van der Waals surface area contributed by atoms with Gasteiger partial charge in [0.15, 0.2) is 0 Å². The summed E-state index contributed by atoms with van der Waals surface area (Å²) < 4.78 is 0. The maximum atomic E-state index is 12.3. The lowest BCUT2D eigenvalue weighted by Gasteiger charge is -2.23. The van der Waals surface area contributed by atoms with Gasteiger partial charge in [-0.1, -0.05) is 43.3 Å². The van der Waals surface area contributed by atoms with Crippen molar-refractivity contribution in [2.75, 3.05) is 19.6 Å². The average molecular weight is 328 g/mol. The highest BCUT2D eigenvalue weighted by Gasteiger charge is 2.55. The molecule has 5 nitrogen and oxygen atoms in total. The molecule has 0 unspecified atom stereocenters. The van der Waals surface area contributed by atoms with Gasteiger partial charge in [0.25, 0.3) is 0 Å². The maximum absolute atomic E-state index is 12.3. The van der Waals surface area contributed by atoms with Crippen molar-refractivity contribution in [3.05, 3.63) is 42.0 Å². The van der Waals surface area contributed by atoms with E-state index in [1.807, 2.05) is 24.3 Å². The average Bonchev–Trinajstić information content (AvgIpc) is 3.13. The lowest BCUT2D eigenvalue weighted by atomic mass is 9.81. The van der Waals surface area contributed by atoms with Gasteiger partial charge in [-0.3, -0.25) is 4.79 Å². The number of carbonyl (C=O) groups is 2. The van der Waals surface area contributed by atoms with Crippen LogP contribution in [0.2, 0.25) is 0 Å². The predicted molar refractivity (Wildman–Crippen MR) is 92.6 cm³/mol. The molecule has 24 heavy (non-hydrogen) atoms. The molecule has 5 heteroatoms. The molecule has 0 bridgehead atoms. The SMILES string of the molecule is C=Cc1ccc(CCNC(=O)N2C[C@@H]3CCC[C@@]3(C(=O)O)C2)cc1. The van der Waals surface area contributed by atoms with Gasteiger partial charge in [-0.15, -0.1) is 0 Å². The molecule has 128 valence electrons. The first kappa shape index (κ1) is 16.6. The first-order valence-corrected chi connectivity index (χ1v) is 8.53. The molecule has 0 radical (unpaired) electrons. The van der Waals surface area contributed by atoms with Gasteiger partial charge < -0.3 is 15.3 Å². The van der Waals surface area contributed by atoms with Crippen LogP contribution in [0.4, 0.5) is 4.79 Å². The number of nitrogens with zero attached hydrogens (tertiary/aromatic N) is 1. The van der Waals surface area contributed by atoms with Gasteiger partial charge in [0.05, 0.1) is 5.41 Å². The smallest absolute Gasteiger partial charge is 0.317 e. The van der Waals surface area contributed by atoms with Gasteiger partial charge >= 0.3 is 12.0 Å². The summed E-state index contributed by atoms with van der Waals surface area (Å²) in [6.45, 7) is 5.18. The lowest BCUT2D eigenvalue weighted by Crippen LogP contribution is -2.42. The van der Waals surface area contributed by atoms with Gasteiger partial charge in [0, 0.05) is 19.6 Å². The minimum Gasteiger partial charge on any atom is -0.481 e. The second-order valence-electron chi connectivity index (χ2n) is 6.86. The van der Waals surface area contributed by atoms with Crippen molar-refractivity contribution in [3.63, 3.8) is 0 Å². The number of benzene rings is 1. The van der Waals surface area contributed by atoms with E-state index >= 15 is 0 Å². The van der Waals surface area contributed by atoms with E-state index in [4.69, 9.17) is 0 Å². The third-order valence-electron chi connectivity index (χ3n) is 5.49. The number of nitrogens with one attached hydrogen (secondary N) is 1. The molecule has 1 aliphatic heterocycles. The summed E-state index contributed by atoms with van der Waals surface area (Å²) in [5.74, 6) is -0.644. The summed E-state index contributed by atoms with van der Waals surface area (Å²) >= 11 is 0. The van der Waals surface area contributed by atoms with Gasteiger partial charge in [0.1, 0.15) is 0 Å². The van der Waals surface area contributed by atoms with E-state index in [2.05, 4.69) is 11.9 Å². The molecule has 2 aliphatic rings. The Kier molecular flexibility index (Phi) is 4.60. The zero-order chi connectivity index (χ0) is 17.2. The molecule has 1 aromatic rings. The summed E-state index contributed by atoms with van der Waals surface area (Å²) in [5.41, 5.74) is 1.52. The number of hydrogen-bond acceptors (Lipinski definition) is 2. The zero-order valence-corrected chi connectivity index (χ0v) is 13.8. The first-order chi connectivity index (χ1) is 11.5. The minimum atomic E-state index is -0.748. The second-order valence-corrected chi connectivity index (χ2v) is 6.86. The predicted octanol–water partition coefficient (Wildman–Crippen LogP) is 2.77. The Balaban J connectivity index is 1.51. The van der Waals surface area contributed by atoms with E-state index in [0.717, 1.165) is 30.4 Å². The normalized spacial score (nSPS) is 25.3. The maximum Gasteiger partial charge on any atom is 0.317 e. The summed E-state index contributed by atoms with van der Waals surface area (Å²) in [4.78, 5) is 25.7. The number of carboxylic acids is 1. The quantitative estimate of drug-likeness (QED) is 0.873. The molecular formula is C19H24N2O3. The lowest BCUT2D eigenvalue weighted by molar-refractivity contribution is -0.149. The van der Waals surface area contributed by atoms with Crippen LogP contribution in [0.15, 0.2) is 30.8 Å². The van der Waals surface area contributed by atoms with Gasteiger partial charge in [-0.2, -0.15) is 0 Å². The van der Waals surface area contributed by atoms with Crippen LogP contribution in [-0.2, 0) is 11.2 Å². The summed E-state index contributed by atoms with van der Waals surface area (Å²) in [7, 11) is 0. The minimum absolute atomic E-state index is 0.104. The highest BCUT2D eigenvalue weighted by Crippen LogP contribution is 2.48. The van der Waals surface area contributed by atoms with E-state index in [0.29, 0.717) is 26.1 Å². The van der Waals surface area contributed by atoms with Gasteiger partial charge in [-0.25, -0.2) is 4.79 Å². The zero-order valence-electron chi connectivity index (χ0n) is 13.8. The number of likely N-dealkylation sites (tertiary alicyclic amines) is 1. The number of aliphatic carboxylic acids is 1. The number of rotatable bonds is 5. The molecule has 1 aliphatic carbocycles. The number of urea groups is 1. The van der Waals surface area contributed by atoms with Crippen molar-refractivity contribution < 1.29 is 14.7 Å². The first-order valence-electron chi connectivity index (χ1n) is 8.53. The molecule has 0 aromatic heterocycles. The molecule has 0 spiro atoms. The molecule has 2 atom stereocenters. The van der Waals surface area contributed by atoms with Crippen LogP contribution in [0.1, 0.15) is 30.4 Å². The molecule has 1 heterocycles. The Bertz CT molecular complexity index is 641. The fourth-order valence-corrected chi connectivity index (χ4v) is 4.04. The Morgan fingerprint density at radius 3 is 2.75 bits per heavy atom. The van der Waals surface area contributed by atoms with E-state index in [-0.39, 0.29) is 11.9 Å². The number of fused-ring (bicyclic) bond motifs is 1. The fraction of sp³-hybridized carbons (Fsp3) is 0.474. The van der Waals surface area contributed by atoms with Crippen LogP contribution in [-0.4, -0.2) is 41.6 Å². The van der Waals surface area contributed by atoms with Crippen LogP contribution in [0.5, 0.6) is 0 Å². The standard InChI is InChI=1S/C19H24N2O3/c1-2-14-5-7-15(8-6-14)9-11-20-18(24)21-12-16-4-3-10-19(16,13-21)17(22)23/h2,5-8,16H,1,3-4,9-13H2,(H,20,24)(H,22,23)/t16-,19+/m0/s1. The molecule has 2 amide bonds. The highest BCUT2D eigenvalue weighted by molar-refractivity contribution is 5.80. The van der Waals surface area contributed by atoms with Gasteiger partial charge in [0.2, 0.25) is 0 Å². The van der Waals surface area contributed by atoms with Crippen molar-refractivity contribution in [1.29, 1.82) is 0 Å². The topological polar surface area (TPSA) is 69.6 Å². The number of carboxylic acid groups (broad SMARTS) is 1. The van der Waals surface area contributed by atoms with Crippen LogP contribution in [0.25, 0.3) is 6.08 Å². The third kappa shape index (κ3) is 3.03. The fourth-order valence-electron chi connectivity index (χ4n) is 4.04. The van der Waals surface area contributed by atoms with E-state index in [9.17, 15) is 14.7 Å². The Morgan fingerprint density at radius 2 is 2.12 bits per heavy atom. The Hall–Kier alpha value is -2.30. The number of carbonyl (C=O) groups excluding carboxylic acids is 1. The Labute approximate surface area is 142 Å². The van der Waals surface area contributed by atoms with E-state index in [1.165, 1.54) is 0 Å². The molecule has 1 saturated carbocycles. The number of hydrogen-bond donors (Lipinski definition) is 2. The molecule has 3 rings (SSSR count). The van der Waals surface area contributed by atoms with Crippen LogP contribution >= 0.6 is 0 Å².